The molecule has 17 heavy (non-hydrogen) atoms. The van der Waals surface area contributed by atoms with Gasteiger partial charge in [0.15, 0.2) is 0 Å². The number of carbonyl (C=O) groups is 1. The summed E-state index contributed by atoms with van der Waals surface area (Å²) in [5.41, 5.74) is 6.05. The summed E-state index contributed by atoms with van der Waals surface area (Å²) < 4.78 is 0. The summed E-state index contributed by atoms with van der Waals surface area (Å²) in [4.78, 5) is 13.9. The molecule has 0 bridgehead atoms. The minimum absolute atomic E-state index is 0.180. The minimum atomic E-state index is 0.180. The molecule has 1 saturated carbocycles. The van der Waals surface area contributed by atoms with Crippen molar-refractivity contribution in [2.45, 2.75) is 57.9 Å². The van der Waals surface area contributed by atoms with Crippen molar-refractivity contribution in [1.29, 1.82) is 0 Å². The van der Waals surface area contributed by atoms with E-state index in [4.69, 9.17) is 5.73 Å². The van der Waals surface area contributed by atoms with Gasteiger partial charge in [-0.15, -0.1) is 0 Å². The van der Waals surface area contributed by atoms with Gasteiger partial charge in [0.25, 0.3) is 0 Å². The monoisotopic (exact) mass is 238 g/mol. The smallest absolute Gasteiger partial charge is 0.222 e. The lowest BCUT2D eigenvalue weighted by Gasteiger charge is -2.36. The molecule has 0 radical (unpaired) electrons. The number of hydrogen-bond acceptors (Lipinski definition) is 2. The number of rotatable bonds is 3. The van der Waals surface area contributed by atoms with Crippen molar-refractivity contribution < 1.29 is 4.79 Å². The van der Waals surface area contributed by atoms with Gasteiger partial charge in [-0.05, 0) is 18.3 Å². The van der Waals surface area contributed by atoms with Crippen LogP contribution in [0.15, 0.2) is 0 Å². The molecule has 3 heteroatoms. The molecule has 0 spiro atoms. The van der Waals surface area contributed by atoms with E-state index in [1.807, 2.05) is 4.90 Å². The van der Waals surface area contributed by atoms with Gasteiger partial charge in [0, 0.05) is 25.6 Å². The summed E-state index contributed by atoms with van der Waals surface area (Å²) in [6.45, 7) is 3.79. The van der Waals surface area contributed by atoms with Gasteiger partial charge in [-0.1, -0.05) is 39.0 Å². The molecule has 1 aliphatic heterocycles. The largest absolute Gasteiger partial charge is 0.341 e. The molecule has 2 aliphatic rings. The fourth-order valence-corrected chi connectivity index (χ4v) is 3.12. The van der Waals surface area contributed by atoms with Crippen molar-refractivity contribution >= 4 is 5.91 Å². The second-order valence-corrected chi connectivity index (χ2v) is 5.98. The molecule has 2 unspecified atom stereocenters. The van der Waals surface area contributed by atoms with Gasteiger partial charge < -0.3 is 10.6 Å². The molecule has 98 valence electrons. The number of carbonyl (C=O) groups excluding carboxylic acids is 1. The Morgan fingerprint density at radius 1 is 1.29 bits per heavy atom. The van der Waals surface area contributed by atoms with Crippen molar-refractivity contribution in [2.24, 2.45) is 17.6 Å². The molecule has 1 heterocycles. The molecule has 1 aliphatic carbocycles. The van der Waals surface area contributed by atoms with Crippen LogP contribution in [0.5, 0.6) is 0 Å². The van der Waals surface area contributed by atoms with Crippen LogP contribution in [-0.2, 0) is 4.79 Å². The Bertz CT molecular complexity index is 261. The lowest BCUT2D eigenvalue weighted by molar-refractivity contribution is -0.135. The van der Waals surface area contributed by atoms with Gasteiger partial charge >= 0.3 is 0 Å². The molecule has 2 fully saturated rings. The second-order valence-electron chi connectivity index (χ2n) is 5.98. The number of nitrogens with two attached hydrogens (primary N) is 1. The second kappa shape index (κ2) is 5.85. The molecule has 0 aromatic carbocycles. The first-order valence-electron chi connectivity index (χ1n) is 7.20. The van der Waals surface area contributed by atoms with Crippen LogP contribution >= 0.6 is 0 Å². The predicted octanol–water partition coefficient (Wildman–Crippen LogP) is 2.15. The van der Waals surface area contributed by atoms with Gasteiger partial charge in [0.05, 0.1) is 0 Å². The molecule has 0 aromatic heterocycles. The topological polar surface area (TPSA) is 46.3 Å². The first-order valence-corrected chi connectivity index (χ1v) is 7.20. The molecule has 1 amide bonds. The van der Waals surface area contributed by atoms with Gasteiger partial charge in [0.2, 0.25) is 5.91 Å². The lowest BCUT2D eigenvalue weighted by atomic mass is 9.86. The first kappa shape index (κ1) is 12.9. The van der Waals surface area contributed by atoms with E-state index < -0.39 is 0 Å². The fraction of sp³-hybridized carbons (Fsp3) is 0.929. The van der Waals surface area contributed by atoms with Crippen molar-refractivity contribution in [3.63, 3.8) is 0 Å². The summed E-state index contributed by atoms with van der Waals surface area (Å²) in [5.74, 6) is 1.52. The van der Waals surface area contributed by atoms with E-state index in [2.05, 4.69) is 6.92 Å². The Morgan fingerprint density at radius 2 is 2.00 bits per heavy atom. The molecule has 2 atom stereocenters. The van der Waals surface area contributed by atoms with Crippen LogP contribution in [0.1, 0.15) is 51.9 Å². The molecular weight excluding hydrogens is 212 g/mol. The van der Waals surface area contributed by atoms with Crippen molar-refractivity contribution in [2.75, 3.05) is 13.1 Å². The average molecular weight is 238 g/mol. The van der Waals surface area contributed by atoms with Crippen molar-refractivity contribution in [3.8, 4) is 0 Å². The summed E-state index contributed by atoms with van der Waals surface area (Å²) >= 11 is 0. The Labute approximate surface area is 105 Å². The molecule has 2 rings (SSSR count). The zero-order valence-electron chi connectivity index (χ0n) is 11.0. The zero-order chi connectivity index (χ0) is 12.3. The van der Waals surface area contributed by atoms with Crippen molar-refractivity contribution in [1.82, 2.24) is 4.90 Å². The Kier molecular flexibility index (Phi) is 4.43. The highest BCUT2D eigenvalue weighted by Crippen LogP contribution is 2.27. The quantitative estimate of drug-likeness (QED) is 0.819. The third kappa shape index (κ3) is 3.44. The normalized spacial score (nSPS) is 31.9. The SMILES string of the molecule is CC1CC(=O)N(CCC2CCCCC2)CC1N. The highest BCUT2D eigenvalue weighted by atomic mass is 16.2. The van der Waals surface area contributed by atoms with Crippen LogP contribution in [0.3, 0.4) is 0 Å². The zero-order valence-corrected chi connectivity index (χ0v) is 11.0. The number of amides is 1. The summed E-state index contributed by atoms with van der Waals surface area (Å²) in [5, 5.41) is 0. The van der Waals surface area contributed by atoms with E-state index in [9.17, 15) is 4.79 Å². The average Bonchev–Trinajstić information content (AvgIpc) is 2.33. The maximum atomic E-state index is 11.9. The summed E-state index contributed by atoms with van der Waals surface area (Å²) in [6, 6.07) is 0.180. The van der Waals surface area contributed by atoms with E-state index in [1.54, 1.807) is 0 Å². The fourth-order valence-electron chi connectivity index (χ4n) is 3.12. The highest BCUT2D eigenvalue weighted by molar-refractivity contribution is 5.77. The van der Waals surface area contributed by atoms with Crippen molar-refractivity contribution in [3.05, 3.63) is 0 Å². The molecule has 1 saturated heterocycles. The van der Waals surface area contributed by atoms with E-state index in [-0.39, 0.29) is 6.04 Å². The Hall–Kier alpha value is -0.570. The van der Waals surface area contributed by atoms with E-state index in [0.29, 0.717) is 18.2 Å². The molecular formula is C14H26N2O. The van der Waals surface area contributed by atoms with E-state index >= 15 is 0 Å². The Balaban J connectivity index is 1.76. The van der Waals surface area contributed by atoms with Crippen LogP contribution in [-0.4, -0.2) is 29.9 Å². The molecule has 3 nitrogen and oxygen atoms in total. The van der Waals surface area contributed by atoms with Gasteiger partial charge in [0.1, 0.15) is 0 Å². The van der Waals surface area contributed by atoms with Crippen LogP contribution < -0.4 is 5.73 Å². The third-order valence-electron chi connectivity index (χ3n) is 4.54. The number of nitrogens with zero attached hydrogens (tertiary/aromatic N) is 1. The summed E-state index contributed by atoms with van der Waals surface area (Å²) in [6.07, 6.45) is 8.74. The van der Waals surface area contributed by atoms with E-state index in [0.717, 1.165) is 19.0 Å². The maximum Gasteiger partial charge on any atom is 0.222 e. The van der Waals surface area contributed by atoms with Crippen LogP contribution in [0.25, 0.3) is 0 Å². The standard InChI is InChI=1S/C14H26N2O/c1-11-9-14(17)16(10-13(11)15)8-7-12-5-3-2-4-6-12/h11-13H,2-10,15H2,1H3. The molecule has 2 N–H and O–H groups in total. The maximum absolute atomic E-state index is 11.9. The van der Waals surface area contributed by atoms with Crippen LogP contribution in [0.4, 0.5) is 0 Å². The van der Waals surface area contributed by atoms with Gasteiger partial charge in [-0.25, -0.2) is 0 Å². The van der Waals surface area contributed by atoms with E-state index in [1.165, 1.54) is 38.5 Å². The third-order valence-corrected chi connectivity index (χ3v) is 4.54. The van der Waals surface area contributed by atoms with Gasteiger partial charge in [-0.3, -0.25) is 4.79 Å². The number of piperidine rings is 1. The highest BCUT2D eigenvalue weighted by Gasteiger charge is 2.29. The summed E-state index contributed by atoms with van der Waals surface area (Å²) in [7, 11) is 0. The first-order chi connectivity index (χ1) is 8.16. The number of hydrogen-bond donors (Lipinski definition) is 1. The van der Waals surface area contributed by atoms with Crippen LogP contribution in [0.2, 0.25) is 0 Å². The number of likely N-dealkylation sites (tertiary alicyclic amines) is 1. The predicted molar refractivity (Wildman–Crippen MR) is 69.5 cm³/mol. The minimum Gasteiger partial charge on any atom is -0.341 e. The van der Waals surface area contributed by atoms with Gasteiger partial charge in [-0.2, -0.15) is 0 Å². The lowest BCUT2D eigenvalue weighted by Crippen LogP contribution is -2.50. The van der Waals surface area contributed by atoms with Crippen LogP contribution in [0, 0.1) is 11.8 Å². The molecule has 0 aromatic rings. The Morgan fingerprint density at radius 3 is 2.71 bits per heavy atom.